The van der Waals surface area contributed by atoms with Crippen molar-refractivity contribution in [1.82, 2.24) is 10.2 Å². The average molecular weight is 540 g/mol. The summed E-state index contributed by atoms with van der Waals surface area (Å²) in [6.07, 6.45) is 0. The van der Waals surface area contributed by atoms with E-state index >= 15 is 0 Å². The summed E-state index contributed by atoms with van der Waals surface area (Å²) in [7, 11) is 5.20. The minimum Gasteiger partial charge on any atom is -0.497 e. The number of ether oxygens (including phenoxy) is 3. The van der Waals surface area contributed by atoms with Gasteiger partial charge in [0, 0.05) is 51.0 Å². The van der Waals surface area contributed by atoms with Crippen LogP contribution in [0, 0.1) is 0 Å². The van der Waals surface area contributed by atoms with Crippen molar-refractivity contribution >= 4 is 35.6 Å². The fourth-order valence-corrected chi connectivity index (χ4v) is 3.54. The van der Waals surface area contributed by atoms with Crippen molar-refractivity contribution < 1.29 is 14.2 Å². The number of guanidine groups is 1. The lowest BCUT2D eigenvalue weighted by molar-refractivity contribution is 0.123. The van der Waals surface area contributed by atoms with E-state index in [0.717, 1.165) is 49.2 Å². The molecule has 0 radical (unpaired) electrons. The molecule has 1 heterocycles. The third-order valence-electron chi connectivity index (χ3n) is 5.21. The smallest absolute Gasteiger partial charge is 0.193 e. The summed E-state index contributed by atoms with van der Waals surface area (Å²) in [5.41, 5.74) is 2.28. The van der Waals surface area contributed by atoms with Crippen LogP contribution in [0.15, 0.2) is 53.5 Å². The maximum Gasteiger partial charge on any atom is 0.193 e. The van der Waals surface area contributed by atoms with Crippen LogP contribution >= 0.6 is 24.0 Å². The molecule has 3 rings (SSSR count). The molecular weight excluding hydrogens is 507 g/mol. The molecule has 1 aliphatic heterocycles. The third-order valence-corrected chi connectivity index (χ3v) is 5.21. The van der Waals surface area contributed by atoms with Gasteiger partial charge in [0.15, 0.2) is 5.96 Å². The van der Waals surface area contributed by atoms with Gasteiger partial charge < -0.3 is 29.3 Å². The lowest BCUT2D eigenvalue weighted by atomic mass is 10.2. The van der Waals surface area contributed by atoms with E-state index < -0.39 is 0 Å². The van der Waals surface area contributed by atoms with Crippen LogP contribution < -0.4 is 19.7 Å². The molecule has 170 valence electrons. The largest absolute Gasteiger partial charge is 0.497 e. The molecule has 0 spiro atoms. The second-order valence-corrected chi connectivity index (χ2v) is 7.01. The summed E-state index contributed by atoms with van der Waals surface area (Å²) < 4.78 is 16.4. The number of methoxy groups -OCH3 is 2. The molecule has 0 aliphatic carbocycles. The van der Waals surface area contributed by atoms with Crippen molar-refractivity contribution in [3.05, 3.63) is 54.1 Å². The topological polar surface area (TPSA) is 58.6 Å². The number of halogens is 1. The molecule has 0 bridgehead atoms. The second-order valence-electron chi connectivity index (χ2n) is 7.01. The Balaban J connectivity index is 0.00000341. The molecule has 0 aromatic heterocycles. The van der Waals surface area contributed by atoms with Crippen LogP contribution in [-0.4, -0.2) is 71.5 Å². The summed E-state index contributed by atoms with van der Waals surface area (Å²) in [4.78, 5) is 9.12. The van der Waals surface area contributed by atoms with Gasteiger partial charge in [-0.05, 0) is 30.3 Å². The van der Waals surface area contributed by atoms with Crippen molar-refractivity contribution in [1.29, 1.82) is 0 Å². The quantitative estimate of drug-likeness (QED) is 0.240. The molecule has 2 aromatic carbocycles. The molecule has 1 N–H and O–H groups in total. The molecule has 0 unspecified atom stereocenters. The SMILES string of the molecule is CN=C(NCCOCc1ccccc1OC)N1CCN(c2ccc(OC)cc2)CC1.I. The number of piperazine rings is 1. The average Bonchev–Trinajstić information content (AvgIpc) is 2.82. The van der Waals surface area contributed by atoms with E-state index in [0.29, 0.717) is 19.8 Å². The number of benzene rings is 2. The second kappa shape index (κ2) is 13.3. The third kappa shape index (κ3) is 7.17. The fraction of sp³-hybridized carbons (Fsp3) is 0.435. The number of hydrogen-bond acceptors (Lipinski definition) is 5. The molecular formula is C23H33IN4O3. The van der Waals surface area contributed by atoms with Gasteiger partial charge in [-0.3, -0.25) is 4.99 Å². The predicted octanol–water partition coefficient (Wildman–Crippen LogP) is 3.24. The number of nitrogens with one attached hydrogen (secondary N) is 1. The Kier molecular flexibility index (Phi) is 10.7. The normalized spacial score (nSPS) is 14.1. The van der Waals surface area contributed by atoms with Crippen LogP contribution in [-0.2, 0) is 11.3 Å². The molecule has 31 heavy (non-hydrogen) atoms. The Morgan fingerprint density at radius 2 is 1.68 bits per heavy atom. The van der Waals surface area contributed by atoms with Gasteiger partial charge in [0.2, 0.25) is 0 Å². The van der Waals surface area contributed by atoms with Crippen LogP contribution in [0.25, 0.3) is 0 Å². The summed E-state index contributed by atoms with van der Waals surface area (Å²) >= 11 is 0. The van der Waals surface area contributed by atoms with Gasteiger partial charge in [-0.2, -0.15) is 0 Å². The summed E-state index contributed by atoms with van der Waals surface area (Å²) in [5, 5.41) is 3.41. The molecule has 1 fully saturated rings. The van der Waals surface area contributed by atoms with E-state index in [4.69, 9.17) is 14.2 Å². The lowest BCUT2D eigenvalue weighted by Gasteiger charge is -2.37. The van der Waals surface area contributed by atoms with Crippen molar-refractivity contribution in [3.63, 3.8) is 0 Å². The first-order valence-electron chi connectivity index (χ1n) is 10.3. The summed E-state index contributed by atoms with van der Waals surface area (Å²) in [5.74, 6) is 2.66. The first-order valence-corrected chi connectivity index (χ1v) is 10.3. The van der Waals surface area contributed by atoms with Crippen molar-refractivity contribution in [2.45, 2.75) is 6.61 Å². The van der Waals surface area contributed by atoms with Crippen LogP contribution in [0.2, 0.25) is 0 Å². The first-order chi connectivity index (χ1) is 14.7. The zero-order chi connectivity index (χ0) is 21.2. The highest BCUT2D eigenvalue weighted by molar-refractivity contribution is 14.0. The van der Waals surface area contributed by atoms with Crippen LogP contribution in [0.5, 0.6) is 11.5 Å². The minimum atomic E-state index is 0. The van der Waals surface area contributed by atoms with Crippen molar-refractivity contribution in [2.24, 2.45) is 4.99 Å². The van der Waals surface area contributed by atoms with E-state index in [1.54, 1.807) is 14.2 Å². The Bertz CT molecular complexity index is 809. The zero-order valence-electron chi connectivity index (χ0n) is 18.5. The predicted molar refractivity (Wildman–Crippen MR) is 136 cm³/mol. The van der Waals surface area contributed by atoms with Gasteiger partial charge in [-0.1, -0.05) is 18.2 Å². The van der Waals surface area contributed by atoms with E-state index in [9.17, 15) is 0 Å². The minimum absolute atomic E-state index is 0. The van der Waals surface area contributed by atoms with Crippen molar-refractivity contribution in [3.8, 4) is 11.5 Å². The van der Waals surface area contributed by atoms with E-state index in [1.165, 1.54) is 5.69 Å². The van der Waals surface area contributed by atoms with Crippen LogP contribution in [0.1, 0.15) is 5.56 Å². The fourth-order valence-electron chi connectivity index (χ4n) is 3.54. The number of anilines is 1. The Morgan fingerprint density at radius 3 is 2.32 bits per heavy atom. The maximum absolute atomic E-state index is 5.80. The van der Waals surface area contributed by atoms with Gasteiger partial charge in [0.05, 0.1) is 27.4 Å². The monoisotopic (exact) mass is 540 g/mol. The molecule has 0 saturated carbocycles. The van der Waals surface area contributed by atoms with E-state index in [-0.39, 0.29) is 24.0 Å². The molecule has 1 aliphatic rings. The highest BCUT2D eigenvalue weighted by atomic mass is 127. The van der Waals surface area contributed by atoms with Gasteiger partial charge in [0.1, 0.15) is 11.5 Å². The summed E-state index contributed by atoms with van der Waals surface area (Å²) in [6.45, 7) is 5.60. The first kappa shape index (κ1) is 25.1. The highest BCUT2D eigenvalue weighted by Crippen LogP contribution is 2.20. The number of hydrogen-bond donors (Lipinski definition) is 1. The van der Waals surface area contributed by atoms with Gasteiger partial charge in [-0.25, -0.2) is 0 Å². The molecule has 2 aromatic rings. The standard InChI is InChI=1S/C23H32N4O3.HI/c1-24-23(25-12-17-30-18-19-6-4-5-7-22(19)29-3)27-15-13-26(14-16-27)20-8-10-21(28-2)11-9-20;/h4-11H,12-18H2,1-3H3,(H,24,25);1H. The molecule has 1 saturated heterocycles. The molecule has 8 heteroatoms. The van der Waals surface area contributed by atoms with Crippen molar-refractivity contribution in [2.75, 3.05) is 65.5 Å². The molecule has 0 amide bonds. The van der Waals surface area contributed by atoms with E-state index in [1.807, 2.05) is 43.4 Å². The number of rotatable bonds is 8. The maximum atomic E-state index is 5.80. The number of aliphatic imine (C=N–C) groups is 1. The lowest BCUT2D eigenvalue weighted by Crippen LogP contribution is -2.53. The number of para-hydroxylation sites is 1. The Labute approximate surface area is 202 Å². The summed E-state index contributed by atoms with van der Waals surface area (Å²) in [6, 6.07) is 16.2. The Hall–Kier alpha value is -2.20. The molecule has 7 nitrogen and oxygen atoms in total. The molecule has 0 atom stereocenters. The number of nitrogens with zero attached hydrogens (tertiary/aromatic N) is 3. The van der Waals surface area contributed by atoms with E-state index in [2.05, 4.69) is 32.2 Å². The zero-order valence-corrected chi connectivity index (χ0v) is 20.9. The van der Waals surface area contributed by atoms with Crippen LogP contribution in [0.3, 0.4) is 0 Å². The van der Waals surface area contributed by atoms with Gasteiger partial charge in [0.25, 0.3) is 0 Å². The Morgan fingerprint density at radius 1 is 0.968 bits per heavy atom. The van der Waals surface area contributed by atoms with Gasteiger partial charge in [-0.15, -0.1) is 24.0 Å². The van der Waals surface area contributed by atoms with Gasteiger partial charge >= 0.3 is 0 Å². The highest BCUT2D eigenvalue weighted by Gasteiger charge is 2.19. The van der Waals surface area contributed by atoms with Crippen LogP contribution in [0.4, 0.5) is 5.69 Å².